The summed E-state index contributed by atoms with van der Waals surface area (Å²) < 4.78 is 8.70. The molecule has 0 aromatic heterocycles. The third-order valence-electron chi connectivity index (χ3n) is 0. The van der Waals surface area contributed by atoms with E-state index in [1.165, 1.54) is 0 Å². The molecule has 0 bridgehead atoms. The normalized spacial score (nSPS) is 3.71. The van der Waals surface area contributed by atoms with Crippen molar-refractivity contribution in [3.8, 4) is 0 Å². The van der Waals surface area contributed by atoms with Gasteiger partial charge in [0.2, 0.25) is 0 Å². The Balaban J connectivity index is -0.0000000150. The molecule has 0 rings (SSSR count). The van der Waals surface area contributed by atoms with E-state index in [4.69, 9.17) is 14.4 Å². The lowest BCUT2D eigenvalue weighted by molar-refractivity contribution is 0.405. The molecule has 0 fully saturated rings. The van der Waals surface area contributed by atoms with E-state index in [1.54, 1.807) is 0 Å². The smallest absolute Gasteiger partial charge is 0.412 e. The van der Waals surface area contributed by atoms with Crippen LogP contribution >= 0.6 is 8.25 Å². The van der Waals surface area contributed by atoms with Gasteiger partial charge in [0.25, 0.3) is 0 Å². The second-order valence-corrected chi connectivity index (χ2v) is 0.758. The Bertz CT molecular complexity index is 32.7. The van der Waals surface area contributed by atoms with Crippen molar-refractivity contribution in [2.24, 2.45) is 0 Å². The molecule has 0 spiro atoms. The van der Waals surface area contributed by atoms with Crippen LogP contribution in [-0.2, 0) is 4.57 Å². The maximum Gasteiger partial charge on any atom is 0.692 e. The van der Waals surface area contributed by atoms with Gasteiger partial charge in [-0.05, 0) is 0 Å². The third kappa shape index (κ3) is 8970. The van der Waals surface area contributed by atoms with Crippen molar-refractivity contribution in [2.45, 2.75) is 0 Å². The Kier molecular flexibility index (Phi) is 68.7. The molecule has 0 atom stereocenters. The Labute approximate surface area is 41.6 Å². The molecule has 48 valence electrons. The van der Waals surface area contributed by atoms with E-state index >= 15 is 0 Å². The summed E-state index contributed by atoms with van der Waals surface area (Å²) in [6.45, 7) is 0. The van der Waals surface area contributed by atoms with Gasteiger partial charge in [0.05, 0.1) is 0 Å². The molecule has 0 aliphatic rings. The van der Waals surface area contributed by atoms with Crippen LogP contribution in [0.15, 0.2) is 0 Å². The highest BCUT2D eigenvalue weighted by atomic mass is 31.1. The predicted molar refractivity (Wildman–Crippen MR) is 25.7 cm³/mol. The van der Waals surface area contributed by atoms with E-state index < -0.39 is 8.25 Å². The largest absolute Gasteiger partial charge is 0.692 e. The van der Waals surface area contributed by atoms with E-state index in [9.17, 15) is 0 Å². The zero-order chi connectivity index (χ0) is 3.58. The van der Waals surface area contributed by atoms with Crippen LogP contribution in [0.2, 0.25) is 0 Å². The molecule has 6 nitrogen and oxygen atoms in total. The predicted octanol–water partition coefficient (Wildman–Crippen LogP) is -0.872. The Morgan fingerprint density at radius 2 is 1.14 bits per heavy atom. The molecular weight excluding hydrogens is 123 g/mol. The second kappa shape index (κ2) is 16.8. The maximum absolute atomic E-state index is 8.70. The van der Waals surface area contributed by atoms with Gasteiger partial charge in [0.15, 0.2) is 0 Å². The summed E-state index contributed by atoms with van der Waals surface area (Å²) in [5.41, 5.74) is 0. The van der Waals surface area contributed by atoms with Gasteiger partial charge in [-0.1, -0.05) is 0 Å². The SMILES string of the molecule is N.N.O.O=[P+](O)O. The van der Waals surface area contributed by atoms with Gasteiger partial charge in [-0.25, -0.2) is 0 Å². The minimum Gasteiger partial charge on any atom is -0.412 e. The minimum absolute atomic E-state index is 0. The van der Waals surface area contributed by atoms with E-state index in [-0.39, 0.29) is 17.8 Å². The molecule has 0 aliphatic heterocycles. The first-order valence-corrected chi connectivity index (χ1v) is 1.75. The average molecular weight is 133 g/mol. The van der Waals surface area contributed by atoms with Crippen LogP contribution in [0.25, 0.3) is 0 Å². The summed E-state index contributed by atoms with van der Waals surface area (Å²) >= 11 is 0. The van der Waals surface area contributed by atoms with Crippen LogP contribution in [-0.4, -0.2) is 15.3 Å². The lowest BCUT2D eigenvalue weighted by Crippen LogP contribution is -1.38. The van der Waals surface area contributed by atoms with Gasteiger partial charge in [-0.15, -0.1) is 9.79 Å². The van der Waals surface area contributed by atoms with E-state index in [1.807, 2.05) is 0 Å². The standard InChI is InChI=1S/2H3N.HO3P.H2O/c;;1-4(2)3;/h2*1H3;(H-,1,2,3);1H2/p+1. The van der Waals surface area contributed by atoms with Crippen molar-refractivity contribution < 1.29 is 19.8 Å². The molecule has 0 radical (unpaired) electrons. The van der Waals surface area contributed by atoms with Crippen LogP contribution in [0.3, 0.4) is 0 Å². The Morgan fingerprint density at radius 1 is 1.14 bits per heavy atom. The van der Waals surface area contributed by atoms with Crippen molar-refractivity contribution >= 4 is 8.25 Å². The number of hydrogen-bond donors (Lipinski definition) is 4. The first kappa shape index (κ1) is 28.6. The van der Waals surface area contributed by atoms with E-state index in [0.29, 0.717) is 0 Å². The van der Waals surface area contributed by atoms with Crippen molar-refractivity contribution in [3.05, 3.63) is 0 Å². The van der Waals surface area contributed by atoms with Gasteiger partial charge < -0.3 is 17.8 Å². The van der Waals surface area contributed by atoms with Gasteiger partial charge in [0, 0.05) is 4.57 Å². The summed E-state index contributed by atoms with van der Waals surface area (Å²) in [4.78, 5) is 14.2. The second-order valence-electron chi connectivity index (χ2n) is 0.253. The number of hydrogen-bond acceptors (Lipinski definition) is 3. The first-order chi connectivity index (χ1) is 1.73. The van der Waals surface area contributed by atoms with Crippen molar-refractivity contribution in [1.29, 1.82) is 0 Å². The molecule has 0 aliphatic carbocycles. The van der Waals surface area contributed by atoms with Crippen LogP contribution in [0.1, 0.15) is 0 Å². The molecule has 10 N–H and O–H groups in total. The molecule has 0 saturated heterocycles. The quantitative estimate of drug-likeness (QED) is 0.315. The van der Waals surface area contributed by atoms with Crippen LogP contribution in [0.5, 0.6) is 0 Å². The lowest BCUT2D eigenvalue weighted by atomic mass is 14.0. The van der Waals surface area contributed by atoms with Crippen molar-refractivity contribution in [1.82, 2.24) is 12.3 Å². The van der Waals surface area contributed by atoms with Gasteiger partial charge in [0.1, 0.15) is 0 Å². The molecule has 0 aromatic rings. The van der Waals surface area contributed by atoms with E-state index in [0.717, 1.165) is 0 Å². The lowest BCUT2D eigenvalue weighted by Gasteiger charge is -1.34. The molecule has 0 saturated carbocycles. The zero-order valence-corrected chi connectivity index (χ0v) is 4.56. The van der Waals surface area contributed by atoms with Crippen LogP contribution < -0.4 is 12.3 Å². The highest BCUT2D eigenvalue weighted by molar-refractivity contribution is 7.30. The fraction of sp³-hybridized carbons (Fsp3) is 0. The highest BCUT2D eigenvalue weighted by Crippen LogP contribution is 1.98. The first-order valence-electron chi connectivity index (χ1n) is 0.583. The fourth-order valence-electron chi connectivity index (χ4n) is 0. The van der Waals surface area contributed by atoms with Crippen molar-refractivity contribution in [2.75, 3.05) is 0 Å². The highest BCUT2D eigenvalue weighted by Gasteiger charge is 1.93. The molecular formula is H10N2O4P+. The summed E-state index contributed by atoms with van der Waals surface area (Å²) in [7, 11) is -2.87. The average Bonchev–Trinajstić information content (AvgIpc) is 0.811. The Hall–Kier alpha value is -0.100. The van der Waals surface area contributed by atoms with Gasteiger partial charge in [-0.3, -0.25) is 0 Å². The molecule has 7 heavy (non-hydrogen) atoms. The molecule has 0 aromatic carbocycles. The monoisotopic (exact) mass is 133 g/mol. The molecule has 0 amide bonds. The Morgan fingerprint density at radius 3 is 1.14 bits per heavy atom. The van der Waals surface area contributed by atoms with Crippen LogP contribution in [0.4, 0.5) is 0 Å². The van der Waals surface area contributed by atoms with Crippen LogP contribution in [0, 0.1) is 0 Å². The molecule has 0 unspecified atom stereocenters. The van der Waals surface area contributed by atoms with Gasteiger partial charge in [-0.2, -0.15) is 0 Å². The molecule has 7 heteroatoms. The minimum atomic E-state index is -2.87. The van der Waals surface area contributed by atoms with E-state index in [2.05, 4.69) is 0 Å². The summed E-state index contributed by atoms with van der Waals surface area (Å²) in [5.74, 6) is 0. The summed E-state index contributed by atoms with van der Waals surface area (Å²) in [5, 5.41) is 0. The maximum atomic E-state index is 8.70. The third-order valence-corrected chi connectivity index (χ3v) is 0. The topological polar surface area (TPSA) is 159 Å². The van der Waals surface area contributed by atoms with Crippen molar-refractivity contribution in [3.63, 3.8) is 0 Å². The zero-order valence-electron chi connectivity index (χ0n) is 3.66. The molecule has 0 heterocycles. The summed E-state index contributed by atoms with van der Waals surface area (Å²) in [6, 6.07) is 0. The number of rotatable bonds is 0. The summed E-state index contributed by atoms with van der Waals surface area (Å²) in [6.07, 6.45) is 0. The fourth-order valence-corrected chi connectivity index (χ4v) is 0. The van der Waals surface area contributed by atoms with Gasteiger partial charge >= 0.3 is 8.25 Å².